The Labute approximate surface area is 151 Å². The second-order valence-electron chi connectivity index (χ2n) is 5.24. The van der Waals surface area contributed by atoms with E-state index in [1.54, 1.807) is 0 Å². The quantitative estimate of drug-likeness (QED) is 0.356. The SMILES string of the molecule is O=C(OCc1c(F)cccc1Cl)c1ccc(-c2ccc([N+](=O)[O-])cc2)o1. The summed E-state index contributed by atoms with van der Waals surface area (Å²) in [6.07, 6.45) is 0. The highest BCUT2D eigenvalue weighted by Gasteiger charge is 2.16. The van der Waals surface area contributed by atoms with Crippen LogP contribution in [0.25, 0.3) is 11.3 Å². The van der Waals surface area contributed by atoms with Gasteiger partial charge in [0.15, 0.2) is 0 Å². The van der Waals surface area contributed by atoms with Gasteiger partial charge in [-0.15, -0.1) is 0 Å². The molecule has 3 rings (SSSR count). The van der Waals surface area contributed by atoms with E-state index in [4.69, 9.17) is 20.8 Å². The molecule has 3 aromatic rings. The Morgan fingerprint density at radius 1 is 1.15 bits per heavy atom. The molecule has 0 aliphatic heterocycles. The van der Waals surface area contributed by atoms with Crippen LogP contribution in [0.1, 0.15) is 16.1 Å². The molecule has 2 aromatic carbocycles. The van der Waals surface area contributed by atoms with Gasteiger partial charge in [0.05, 0.1) is 9.95 Å². The van der Waals surface area contributed by atoms with Crippen molar-refractivity contribution in [3.8, 4) is 11.3 Å². The highest BCUT2D eigenvalue weighted by atomic mass is 35.5. The lowest BCUT2D eigenvalue weighted by Crippen LogP contribution is -2.05. The zero-order valence-corrected chi connectivity index (χ0v) is 13.9. The molecule has 0 radical (unpaired) electrons. The number of benzene rings is 2. The fraction of sp³-hybridized carbons (Fsp3) is 0.0556. The number of hydrogen-bond acceptors (Lipinski definition) is 5. The van der Waals surface area contributed by atoms with Crippen molar-refractivity contribution in [2.75, 3.05) is 0 Å². The van der Waals surface area contributed by atoms with Crippen molar-refractivity contribution in [3.05, 3.63) is 86.9 Å². The van der Waals surface area contributed by atoms with Crippen molar-refractivity contribution in [3.63, 3.8) is 0 Å². The minimum absolute atomic E-state index is 0.0540. The van der Waals surface area contributed by atoms with Gasteiger partial charge in [0.2, 0.25) is 5.76 Å². The molecule has 6 nitrogen and oxygen atoms in total. The molecule has 0 spiro atoms. The molecule has 0 aliphatic rings. The standard InChI is InChI=1S/C18H11ClFNO5/c19-14-2-1-3-15(20)13(14)10-25-18(22)17-9-8-16(26-17)11-4-6-12(7-5-11)21(23)24/h1-9H,10H2. The van der Waals surface area contributed by atoms with Crippen molar-refractivity contribution in [2.24, 2.45) is 0 Å². The molecule has 8 heteroatoms. The van der Waals surface area contributed by atoms with E-state index < -0.39 is 16.7 Å². The first-order valence-electron chi connectivity index (χ1n) is 7.40. The van der Waals surface area contributed by atoms with E-state index in [2.05, 4.69) is 0 Å². The van der Waals surface area contributed by atoms with E-state index in [0.29, 0.717) is 11.3 Å². The van der Waals surface area contributed by atoms with E-state index in [0.717, 1.165) is 0 Å². The summed E-state index contributed by atoms with van der Waals surface area (Å²) in [6.45, 7) is -0.335. The van der Waals surface area contributed by atoms with Crippen LogP contribution in [-0.4, -0.2) is 10.9 Å². The third kappa shape index (κ3) is 3.73. The van der Waals surface area contributed by atoms with Crippen molar-refractivity contribution in [1.82, 2.24) is 0 Å². The Hall–Kier alpha value is -3.19. The van der Waals surface area contributed by atoms with Crippen LogP contribution >= 0.6 is 11.6 Å². The summed E-state index contributed by atoms with van der Waals surface area (Å²) in [5.74, 6) is -1.09. The molecule has 1 heterocycles. The molecule has 132 valence electrons. The van der Waals surface area contributed by atoms with Gasteiger partial charge >= 0.3 is 5.97 Å². The van der Waals surface area contributed by atoms with Gasteiger partial charge in [0.1, 0.15) is 18.2 Å². The number of carbonyl (C=O) groups is 1. The van der Waals surface area contributed by atoms with Crippen molar-refractivity contribution < 1.29 is 23.3 Å². The molecule has 0 fully saturated rings. The maximum atomic E-state index is 13.7. The first kappa shape index (κ1) is 17.6. The molecule has 0 saturated carbocycles. The first-order valence-corrected chi connectivity index (χ1v) is 7.78. The van der Waals surface area contributed by atoms with Gasteiger partial charge in [-0.1, -0.05) is 17.7 Å². The lowest BCUT2D eigenvalue weighted by atomic mass is 10.1. The number of rotatable bonds is 5. The molecule has 0 N–H and O–H groups in total. The first-order chi connectivity index (χ1) is 12.5. The van der Waals surface area contributed by atoms with Gasteiger partial charge < -0.3 is 9.15 Å². The number of carbonyl (C=O) groups excluding carboxylic acids is 1. The maximum absolute atomic E-state index is 13.7. The Balaban J connectivity index is 1.71. The van der Waals surface area contributed by atoms with Gasteiger partial charge in [-0.05, 0) is 36.4 Å². The summed E-state index contributed by atoms with van der Waals surface area (Å²) in [5.41, 5.74) is 0.582. The van der Waals surface area contributed by atoms with Crippen LogP contribution in [0, 0.1) is 15.9 Å². The van der Waals surface area contributed by atoms with Gasteiger partial charge in [0, 0.05) is 23.3 Å². The van der Waals surface area contributed by atoms with Gasteiger partial charge in [-0.3, -0.25) is 10.1 Å². The number of halogens is 2. The number of furan rings is 1. The predicted molar refractivity (Wildman–Crippen MR) is 91.3 cm³/mol. The molecular formula is C18H11ClFNO5. The Kier molecular flexibility index (Phi) is 4.99. The largest absolute Gasteiger partial charge is 0.455 e. The van der Waals surface area contributed by atoms with Crippen LogP contribution in [0.5, 0.6) is 0 Å². The van der Waals surface area contributed by atoms with E-state index in [1.807, 2.05) is 0 Å². The predicted octanol–water partition coefficient (Wildman–Crippen LogP) is 5.00. The maximum Gasteiger partial charge on any atom is 0.374 e. The van der Waals surface area contributed by atoms with Gasteiger partial charge in [0.25, 0.3) is 5.69 Å². The molecule has 0 aliphatic carbocycles. The molecule has 0 saturated heterocycles. The Morgan fingerprint density at radius 3 is 2.54 bits per heavy atom. The summed E-state index contributed by atoms with van der Waals surface area (Å²) in [4.78, 5) is 22.2. The van der Waals surface area contributed by atoms with Crippen LogP contribution in [0.4, 0.5) is 10.1 Å². The summed E-state index contributed by atoms with van der Waals surface area (Å²) in [6, 6.07) is 12.8. The second-order valence-corrected chi connectivity index (χ2v) is 5.65. The molecular weight excluding hydrogens is 365 g/mol. The van der Waals surface area contributed by atoms with Crippen LogP contribution in [0.2, 0.25) is 5.02 Å². The van der Waals surface area contributed by atoms with Crippen molar-refractivity contribution in [2.45, 2.75) is 6.61 Å². The van der Waals surface area contributed by atoms with E-state index in [1.165, 1.54) is 54.6 Å². The molecule has 1 aromatic heterocycles. The Bertz CT molecular complexity index is 948. The number of nitrogens with zero attached hydrogens (tertiary/aromatic N) is 1. The fourth-order valence-corrected chi connectivity index (χ4v) is 2.45. The number of hydrogen-bond donors (Lipinski definition) is 0. The lowest BCUT2D eigenvalue weighted by molar-refractivity contribution is -0.384. The summed E-state index contributed by atoms with van der Waals surface area (Å²) in [5, 5.41) is 10.8. The van der Waals surface area contributed by atoms with Gasteiger partial charge in [-0.2, -0.15) is 0 Å². The number of non-ortho nitro benzene ring substituents is 1. The van der Waals surface area contributed by atoms with Crippen LogP contribution < -0.4 is 0 Å². The van der Waals surface area contributed by atoms with Crippen LogP contribution in [-0.2, 0) is 11.3 Å². The van der Waals surface area contributed by atoms with E-state index in [-0.39, 0.29) is 28.6 Å². The van der Waals surface area contributed by atoms with Gasteiger partial charge in [-0.25, -0.2) is 9.18 Å². The molecule has 0 unspecified atom stereocenters. The zero-order valence-electron chi connectivity index (χ0n) is 13.1. The van der Waals surface area contributed by atoms with E-state index in [9.17, 15) is 19.3 Å². The summed E-state index contributed by atoms with van der Waals surface area (Å²) in [7, 11) is 0. The second kappa shape index (κ2) is 7.37. The number of nitro benzene ring substituents is 1. The smallest absolute Gasteiger partial charge is 0.374 e. The average molecular weight is 376 g/mol. The minimum atomic E-state index is -0.780. The average Bonchev–Trinajstić information content (AvgIpc) is 3.11. The number of nitro groups is 1. The minimum Gasteiger partial charge on any atom is -0.455 e. The zero-order chi connectivity index (χ0) is 18.7. The number of esters is 1. The van der Waals surface area contributed by atoms with Crippen molar-refractivity contribution in [1.29, 1.82) is 0 Å². The molecule has 0 amide bonds. The highest BCUT2D eigenvalue weighted by molar-refractivity contribution is 6.31. The fourth-order valence-electron chi connectivity index (χ4n) is 2.23. The third-order valence-electron chi connectivity index (χ3n) is 3.58. The topological polar surface area (TPSA) is 82.6 Å². The Morgan fingerprint density at radius 2 is 1.88 bits per heavy atom. The third-order valence-corrected chi connectivity index (χ3v) is 3.93. The summed E-state index contributed by atoms with van der Waals surface area (Å²) >= 11 is 5.88. The highest BCUT2D eigenvalue weighted by Crippen LogP contribution is 2.25. The monoisotopic (exact) mass is 375 g/mol. The lowest BCUT2D eigenvalue weighted by Gasteiger charge is -2.06. The number of ether oxygens (including phenoxy) is 1. The van der Waals surface area contributed by atoms with E-state index >= 15 is 0 Å². The molecule has 0 bridgehead atoms. The molecule has 26 heavy (non-hydrogen) atoms. The van der Waals surface area contributed by atoms with Crippen LogP contribution in [0.3, 0.4) is 0 Å². The summed E-state index contributed by atoms with van der Waals surface area (Å²) < 4.78 is 24.1. The molecule has 0 atom stereocenters. The normalized spacial score (nSPS) is 10.5. The van der Waals surface area contributed by atoms with Crippen molar-refractivity contribution >= 4 is 23.3 Å². The van der Waals surface area contributed by atoms with Crippen LogP contribution in [0.15, 0.2) is 59.0 Å².